The molecule has 0 bridgehead atoms. The molecule has 1 aromatic carbocycles. The van der Waals surface area contributed by atoms with Crippen LogP contribution >= 0.6 is 0 Å². The van der Waals surface area contributed by atoms with Gasteiger partial charge in [0.05, 0.1) is 11.4 Å². The maximum atomic E-state index is 12.0. The van der Waals surface area contributed by atoms with Gasteiger partial charge in [-0.25, -0.2) is 8.42 Å². The second-order valence-corrected chi connectivity index (χ2v) is 7.67. The van der Waals surface area contributed by atoms with Crippen molar-refractivity contribution in [1.29, 1.82) is 0 Å². The minimum Gasteiger partial charge on any atom is -0.310 e. The Kier molecular flexibility index (Phi) is 3.27. The molecule has 0 radical (unpaired) electrons. The van der Waals surface area contributed by atoms with E-state index in [9.17, 15) is 8.42 Å². The molecule has 1 unspecified atom stereocenters. The maximum Gasteiger partial charge on any atom is 0.235 e. The van der Waals surface area contributed by atoms with Gasteiger partial charge in [-0.3, -0.25) is 4.31 Å². The molecule has 2 aliphatic rings. The fourth-order valence-electron chi connectivity index (χ4n) is 2.49. The van der Waals surface area contributed by atoms with Gasteiger partial charge in [0.15, 0.2) is 0 Å². The minimum absolute atomic E-state index is 0.209. The van der Waals surface area contributed by atoms with E-state index in [2.05, 4.69) is 5.32 Å². The molecule has 1 heterocycles. The molecule has 3 rings (SSSR count). The van der Waals surface area contributed by atoms with Gasteiger partial charge >= 0.3 is 0 Å². The Morgan fingerprint density at radius 1 is 1.26 bits per heavy atom. The molecule has 1 aliphatic heterocycles. The van der Waals surface area contributed by atoms with Gasteiger partial charge in [0.1, 0.15) is 0 Å². The van der Waals surface area contributed by atoms with E-state index in [1.54, 1.807) is 0 Å². The molecule has 104 valence electrons. The third-order valence-electron chi connectivity index (χ3n) is 3.70. The molecule has 2 fully saturated rings. The highest BCUT2D eigenvalue weighted by molar-refractivity contribution is 7.93. The predicted molar refractivity (Wildman–Crippen MR) is 76.6 cm³/mol. The quantitative estimate of drug-likeness (QED) is 0.913. The van der Waals surface area contributed by atoms with Crippen molar-refractivity contribution in [2.24, 2.45) is 5.92 Å². The average Bonchev–Trinajstić information content (AvgIpc) is 3.13. The zero-order valence-corrected chi connectivity index (χ0v) is 12.0. The van der Waals surface area contributed by atoms with Crippen LogP contribution in [0.5, 0.6) is 0 Å². The summed E-state index contributed by atoms with van der Waals surface area (Å²) in [6, 6.07) is 8.56. The number of nitrogens with zero attached hydrogens (tertiary/aromatic N) is 1. The molecule has 1 aliphatic carbocycles. The van der Waals surface area contributed by atoms with Gasteiger partial charge in [0, 0.05) is 19.1 Å². The molecule has 1 aromatic rings. The molecule has 1 saturated carbocycles. The van der Waals surface area contributed by atoms with Crippen LogP contribution in [0.3, 0.4) is 0 Å². The lowest BCUT2D eigenvalue weighted by molar-refractivity contribution is 0.598. The van der Waals surface area contributed by atoms with Crippen molar-refractivity contribution >= 4 is 15.7 Å². The zero-order valence-electron chi connectivity index (χ0n) is 11.2. The molecule has 19 heavy (non-hydrogen) atoms. The SMILES string of the molecule is CC1CN(c2ccc(CNC3CC3)cc2)S(=O)(=O)C1. The van der Waals surface area contributed by atoms with Gasteiger partial charge in [-0.05, 0) is 36.5 Å². The molecule has 5 heteroatoms. The van der Waals surface area contributed by atoms with Crippen LogP contribution in [0.25, 0.3) is 0 Å². The number of rotatable bonds is 4. The number of hydrogen-bond acceptors (Lipinski definition) is 3. The van der Waals surface area contributed by atoms with Gasteiger partial charge in [0.2, 0.25) is 10.0 Å². The highest BCUT2D eigenvalue weighted by Gasteiger charge is 2.33. The second kappa shape index (κ2) is 4.80. The lowest BCUT2D eigenvalue weighted by Crippen LogP contribution is -2.25. The summed E-state index contributed by atoms with van der Waals surface area (Å²) in [6.45, 7) is 3.45. The first-order valence-electron chi connectivity index (χ1n) is 6.87. The largest absolute Gasteiger partial charge is 0.310 e. The highest BCUT2D eigenvalue weighted by Crippen LogP contribution is 2.27. The van der Waals surface area contributed by atoms with E-state index in [1.807, 2.05) is 31.2 Å². The van der Waals surface area contributed by atoms with Crippen molar-refractivity contribution < 1.29 is 8.42 Å². The smallest absolute Gasteiger partial charge is 0.235 e. The summed E-state index contributed by atoms with van der Waals surface area (Å²) >= 11 is 0. The van der Waals surface area contributed by atoms with Crippen LogP contribution in [-0.4, -0.2) is 26.8 Å². The van der Waals surface area contributed by atoms with Crippen LogP contribution in [0.15, 0.2) is 24.3 Å². The van der Waals surface area contributed by atoms with Crippen LogP contribution in [0.4, 0.5) is 5.69 Å². The third kappa shape index (κ3) is 2.92. The molecule has 1 atom stereocenters. The lowest BCUT2D eigenvalue weighted by Gasteiger charge is -2.17. The maximum absolute atomic E-state index is 12.0. The Labute approximate surface area is 114 Å². The molecule has 4 nitrogen and oxygen atoms in total. The first-order chi connectivity index (χ1) is 9.04. The van der Waals surface area contributed by atoms with E-state index in [0.29, 0.717) is 12.6 Å². The van der Waals surface area contributed by atoms with Gasteiger partial charge in [-0.1, -0.05) is 19.1 Å². The topological polar surface area (TPSA) is 49.4 Å². The summed E-state index contributed by atoms with van der Waals surface area (Å²) in [5.41, 5.74) is 2.00. The normalized spacial score (nSPS) is 25.7. The van der Waals surface area contributed by atoms with Crippen molar-refractivity contribution in [3.05, 3.63) is 29.8 Å². The Balaban J connectivity index is 1.71. The van der Waals surface area contributed by atoms with Crippen LogP contribution in [0, 0.1) is 5.92 Å². The number of nitrogens with one attached hydrogen (secondary N) is 1. The van der Waals surface area contributed by atoms with E-state index < -0.39 is 10.0 Å². The van der Waals surface area contributed by atoms with E-state index >= 15 is 0 Å². The number of benzene rings is 1. The first kappa shape index (κ1) is 12.9. The summed E-state index contributed by atoms with van der Waals surface area (Å²) < 4.78 is 25.5. The van der Waals surface area contributed by atoms with Crippen LogP contribution in [-0.2, 0) is 16.6 Å². The number of anilines is 1. The summed E-state index contributed by atoms with van der Waals surface area (Å²) in [6.07, 6.45) is 2.56. The van der Waals surface area contributed by atoms with Gasteiger partial charge < -0.3 is 5.32 Å². The summed E-state index contributed by atoms with van der Waals surface area (Å²) in [7, 11) is -3.10. The van der Waals surface area contributed by atoms with Crippen molar-refractivity contribution in [1.82, 2.24) is 5.32 Å². The van der Waals surface area contributed by atoms with Crippen LogP contribution < -0.4 is 9.62 Å². The molecule has 1 N–H and O–H groups in total. The summed E-state index contributed by atoms with van der Waals surface area (Å²) in [4.78, 5) is 0. The standard InChI is InChI=1S/C14H20N2O2S/c1-11-9-16(19(17,18)10-11)14-6-2-12(3-7-14)8-15-13-4-5-13/h2-3,6-7,11,13,15H,4-5,8-10H2,1H3. The highest BCUT2D eigenvalue weighted by atomic mass is 32.2. The van der Waals surface area contributed by atoms with Crippen molar-refractivity contribution in [2.75, 3.05) is 16.6 Å². The Morgan fingerprint density at radius 2 is 1.95 bits per heavy atom. The number of hydrogen-bond donors (Lipinski definition) is 1. The Bertz CT molecular complexity index is 549. The van der Waals surface area contributed by atoms with Crippen LogP contribution in [0.1, 0.15) is 25.3 Å². The van der Waals surface area contributed by atoms with Crippen molar-refractivity contribution in [3.63, 3.8) is 0 Å². The van der Waals surface area contributed by atoms with Crippen LogP contribution in [0.2, 0.25) is 0 Å². The molecule has 0 aromatic heterocycles. The number of sulfonamides is 1. The monoisotopic (exact) mass is 280 g/mol. The molecular formula is C14H20N2O2S. The molecular weight excluding hydrogens is 260 g/mol. The van der Waals surface area contributed by atoms with Gasteiger partial charge in [-0.2, -0.15) is 0 Å². The second-order valence-electron chi connectivity index (χ2n) is 5.74. The first-order valence-corrected chi connectivity index (χ1v) is 8.48. The van der Waals surface area contributed by atoms with Crippen molar-refractivity contribution in [2.45, 2.75) is 32.4 Å². The van der Waals surface area contributed by atoms with Gasteiger partial charge in [0.25, 0.3) is 0 Å². The third-order valence-corrected chi connectivity index (χ3v) is 5.73. The Hall–Kier alpha value is -1.07. The molecule has 0 amide bonds. The van der Waals surface area contributed by atoms with Gasteiger partial charge in [-0.15, -0.1) is 0 Å². The fraction of sp³-hybridized carbons (Fsp3) is 0.571. The predicted octanol–water partition coefficient (Wildman–Crippen LogP) is 1.72. The fourth-order valence-corrected chi connectivity index (χ4v) is 4.42. The zero-order chi connectivity index (χ0) is 13.5. The molecule has 1 saturated heterocycles. The minimum atomic E-state index is -3.10. The average molecular weight is 280 g/mol. The van der Waals surface area contributed by atoms with E-state index in [0.717, 1.165) is 12.2 Å². The van der Waals surface area contributed by atoms with E-state index in [-0.39, 0.29) is 11.7 Å². The van der Waals surface area contributed by atoms with E-state index in [4.69, 9.17) is 0 Å². The van der Waals surface area contributed by atoms with Crippen molar-refractivity contribution in [3.8, 4) is 0 Å². The molecule has 0 spiro atoms. The summed E-state index contributed by atoms with van der Waals surface area (Å²) in [5.74, 6) is 0.471. The lowest BCUT2D eigenvalue weighted by atomic mass is 10.2. The van der Waals surface area contributed by atoms with E-state index in [1.165, 1.54) is 22.7 Å². The Morgan fingerprint density at radius 3 is 2.47 bits per heavy atom. The summed E-state index contributed by atoms with van der Waals surface area (Å²) in [5, 5.41) is 3.45.